The second kappa shape index (κ2) is 7.59. The minimum atomic E-state index is -3.91. The molecule has 2 aromatic rings. The Morgan fingerprint density at radius 1 is 1.12 bits per heavy atom. The van der Waals surface area contributed by atoms with Crippen LogP contribution in [0, 0.1) is 5.82 Å². The maximum atomic E-state index is 13.6. The van der Waals surface area contributed by atoms with E-state index in [1.54, 1.807) is 18.2 Å². The Hall–Kier alpha value is -2.19. The Bertz CT molecular complexity index is 839. The number of benzene rings is 2. The van der Waals surface area contributed by atoms with E-state index in [4.69, 9.17) is 12.2 Å². The van der Waals surface area contributed by atoms with Gasteiger partial charge in [-0.1, -0.05) is 18.2 Å². The average Bonchev–Trinajstić information content (AvgIpc) is 2.49. The van der Waals surface area contributed by atoms with Gasteiger partial charge in [0, 0.05) is 11.7 Å². The molecule has 0 aromatic heterocycles. The Balaban J connectivity index is 2.20. The fourth-order valence-electron chi connectivity index (χ4n) is 1.92. The SMILES string of the molecule is CC(C)NC(=S)Nc1cccc(S(=O)(=O)Nc2ccccc2F)c1. The molecule has 0 radical (unpaired) electrons. The van der Waals surface area contributed by atoms with Crippen molar-refractivity contribution < 1.29 is 12.8 Å². The van der Waals surface area contributed by atoms with Crippen molar-refractivity contribution in [1.29, 1.82) is 0 Å². The molecule has 0 aliphatic carbocycles. The van der Waals surface area contributed by atoms with Crippen molar-refractivity contribution >= 4 is 38.7 Å². The van der Waals surface area contributed by atoms with Gasteiger partial charge >= 0.3 is 0 Å². The highest BCUT2D eigenvalue weighted by Gasteiger charge is 2.16. The molecule has 0 bridgehead atoms. The van der Waals surface area contributed by atoms with Crippen molar-refractivity contribution in [3.8, 4) is 0 Å². The van der Waals surface area contributed by atoms with E-state index in [2.05, 4.69) is 15.4 Å². The number of anilines is 2. The highest BCUT2D eigenvalue weighted by atomic mass is 32.2. The van der Waals surface area contributed by atoms with Crippen molar-refractivity contribution in [1.82, 2.24) is 5.32 Å². The van der Waals surface area contributed by atoms with Crippen molar-refractivity contribution in [2.45, 2.75) is 24.8 Å². The quantitative estimate of drug-likeness (QED) is 0.707. The monoisotopic (exact) mass is 367 g/mol. The number of nitrogens with one attached hydrogen (secondary N) is 3. The summed E-state index contributed by atoms with van der Waals surface area (Å²) >= 11 is 5.13. The molecule has 24 heavy (non-hydrogen) atoms. The number of rotatable bonds is 5. The molecule has 3 N–H and O–H groups in total. The normalized spacial score (nSPS) is 11.2. The smallest absolute Gasteiger partial charge is 0.262 e. The van der Waals surface area contributed by atoms with Gasteiger partial charge in [-0.2, -0.15) is 0 Å². The first-order valence-electron chi connectivity index (χ1n) is 7.23. The Kier molecular flexibility index (Phi) is 5.74. The summed E-state index contributed by atoms with van der Waals surface area (Å²) < 4.78 is 40.7. The summed E-state index contributed by atoms with van der Waals surface area (Å²) in [5.41, 5.74) is 0.414. The van der Waals surface area contributed by atoms with Crippen LogP contribution in [0.2, 0.25) is 0 Å². The predicted molar refractivity (Wildman–Crippen MR) is 98.1 cm³/mol. The molecule has 8 heteroatoms. The molecule has 0 aliphatic rings. The molecule has 0 unspecified atom stereocenters. The van der Waals surface area contributed by atoms with Crippen LogP contribution in [0.5, 0.6) is 0 Å². The summed E-state index contributed by atoms with van der Waals surface area (Å²) in [5.74, 6) is -0.641. The predicted octanol–water partition coefficient (Wildman–Crippen LogP) is 3.32. The molecule has 2 rings (SSSR count). The van der Waals surface area contributed by atoms with Crippen molar-refractivity contribution in [2.24, 2.45) is 0 Å². The van der Waals surface area contributed by atoms with Crippen molar-refractivity contribution in [3.63, 3.8) is 0 Å². The van der Waals surface area contributed by atoms with Crippen molar-refractivity contribution in [3.05, 3.63) is 54.3 Å². The summed E-state index contributed by atoms with van der Waals surface area (Å²) in [6.07, 6.45) is 0. The third kappa shape index (κ3) is 4.90. The molecule has 0 spiro atoms. The zero-order valence-corrected chi connectivity index (χ0v) is 14.8. The largest absolute Gasteiger partial charge is 0.360 e. The second-order valence-corrected chi connectivity index (χ2v) is 7.46. The molecular weight excluding hydrogens is 349 g/mol. The minimum absolute atomic E-state index is 0.00287. The minimum Gasteiger partial charge on any atom is -0.360 e. The van der Waals surface area contributed by atoms with Gasteiger partial charge in [0.1, 0.15) is 5.82 Å². The van der Waals surface area contributed by atoms with E-state index in [0.717, 1.165) is 0 Å². The highest BCUT2D eigenvalue weighted by molar-refractivity contribution is 7.92. The Labute approximate surface area is 146 Å². The van der Waals surface area contributed by atoms with E-state index in [1.165, 1.54) is 30.3 Å². The Morgan fingerprint density at radius 3 is 2.50 bits per heavy atom. The molecule has 0 aliphatic heterocycles. The van der Waals surface area contributed by atoms with E-state index in [9.17, 15) is 12.8 Å². The Morgan fingerprint density at radius 2 is 1.83 bits per heavy atom. The van der Waals surface area contributed by atoms with Gasteiger partial charge in [0.2, 0.25) is 0 Å². The standard InChI is InChI=1S/C16H18FN3O2S2/c1-11(2)18-16(23)19-12-6-5-7-13(10-12)24(21,22)20-15-9-4-3-8-14(15)17/h3-11,20H,1-2H3,(H2,18,19,23). The molecule has 0 heterocycles. The molecule has 0 saturated heterocycles. The van der Waals surface area contributed by atoms with E-state index < -0.39 is 15.8 Å². The third-order valence-electron chi connectivity index (χ3n) is 2.94. The van der Waals surface area contributed by atoms with Gasteiger partial charge in [-0.25, -0.2) is 12.8 Å². The number of hydrogen-bond donors (Lipinski definition) is 3. The van der Waals surface area contributed by atoms with Crippen LogP contribution in [-0.2, 0) is 10.0 Å². The molecule has 128 valence electrons. The van der Waals surface area contributed by atoms with Crippen molar-refractivity contribution in [2.75, 3.05) is 10.0 Å². The topological polar surface area (TPSA) is 70.2 Å². The maximum absolute atomic E-state index is 13.6. The summed E-state index contributed by atoms with van der Waals surface area (Å²) in [6, 6.07) is 11.9. The van der Waals surface area contributed by atoms with Gasteiger partial charge in [0.05, 0.1) is 10.6 Å². The lowest BCUT2D eigenvalue weighted by Gasteiger charge is -2.14. The first kappa shape index (κ1) is 18.2. The molecule has 0 atom stereocenters. The van der Waals surface area contributed by atoms with Crippen LogP contribution >= 0.6 is 12.2 Å². The fourth-order valence-corrected chi connectivity index (χ4v) is 3.38. The van der Waals surface area contributed by atoms with E-state index in [1.807, 2.05) is 13.8 Å². The summed E-state index contributed by atoms with van der Waals surface area (Å²) in [4.78, 5) is 0.00287. The van der Waals surface area contributed by atoms with Crippen LogP contribution in [0.3, 0.4) is 0 Å². The molecule has 0 saturated carbocycles. The van der Waals surface area contributed by atoms with Crippen LogP contribution in [-0.4, -0.2) is 19.6 Å². The lowest BCUT2D eigenvalue weighted by molar-refractivity contribution is 0.598. The fraction of sp³-hybridized carbons (Fsp3) is 0.188. The zero-order chi connectivity index (χ0) is 17.7. The number of thiocarbonyl (C=S) groups is 1. The molecule has 2 aromatic carbocycles. The first-order chi connectivity index (χ1) is 11.3. The van der Waals surface area contributed by atoms with E-state index >= 15 is 0 Å². The number of halogens is 1. The van der Waals surface area contributed by atoms with E-state index in [0.29, 0.717) is 10.8 Å². The average molecular weight is 367 g/mol. The molecule has 0 fully saturated rings. The molecule has 5 nitrogen and oxygen atoms in total. The van der Waals surface area contributed by atoms with Gasteiger partial charge in [0.15, 0.2) is 5.11 Å². The first-order valence-corrected chi connectivity index (χ1v) is 9.12. The van der Waals surface area contributed by atoms with Gasteiger partial charge in [-0.3, -0.25) is 4.72 Å². The number of sulfonamides is 1. The maximum Gasteiger partial charge on any atom is 0.262 e. The van der Waals surface area contributed by atoms with Crippen LogP contribution < -0.4 is 15.4 Å². The lowest BCUT2D eigenvalue weighted by Crippen LogP contribution is -2.33. The van der Waals surface area contributed by atoms with Crippen LogP contribution in [0.15, 0.2) is 53.4 Å². The molecule has 0 amide bonds. The molecular formula is C16H18FN3O2S2. The van der Waals surface area contributed by atoms with E-state index in [-0.39, 0.29) is 16.6 Å². The summed E-state index contributed by atoms with van der Waals surface area (Å²) in [7, 11) is -3.91. The number of para-hydroxylation sites is 1. The van der Waals surface area contributed by atoms with Gasteiger partial charge in [-0.05, 0) is 56.4 Å². The number of hydrogen-bond acceptors (Lipinski definition) is 3. The van der Waals surface area contributed by atoms with Gasteiger partial charge < -0.3 is 10.6 Å². The van der Waals surface area contributed by atoms with Crippen LogP contribution in [0.4, 0.5) is 15.8 Å². The third-order valence-corrected chi connectivity index (χ3v) is 4.52. The van der Waals surface area contributed by atoms with Gasteiger partial charge in [0.25, 0.3) is 10.0 Å². The van der Waals surface area contributed by atoms with Crippen LogP contribution in [0.25, 0.3) is 0 Å². The summed E-state index contributed by atoms with van der Waals surface area (Å²) in [6.45, 7) is 3.88. The van der Waals surface area contributed by atoms with Gasteiger partial charge in [-0.15, -0.1) is 0 Å². The second-order valence-electron chi connectivity index (χ2n) is 5.37. The highest BCUT2D eigenvalue weighted by Crippen LogP contribution is 2.21. The lowest BCUT2D eigenvalue weighted by atomic mass is 10.3. The zero-order valence-electron chi connectivity index (χ0n) is 13.2. The summed E-state index contributed by atoms with van der Waals surface area (Å²) in [5, 5.41) is 6.31. The van der Waals surface area contributed by atoms with Crippen LogP contribution in [0.1, 0.15) is 13.8 Å².